The van der Waals surface area contributed by atoms with Crippen LogP contribution in [0.2, 0.25) is 0 Å². The molecule has 0 saturated carbocycles. The van der Waals surface area contributed by atoms with Crippen molar-refractivity contribution in [2.45, 2.75) is 39.2 Å². The summed E-state index contributed by atoms with van der Waals surface area (Å²) < 4.78 is 9.99. The SMILES string of the molecule is CC(C)(C)OC(=O)N1CCC(CNCCOC(N)=O)CC1. The lowest BCUT2D eigenvalue weighted by Gasteiger charge is -2.33. The fourth-order valence-corrected chi connectivity index (χ4v) is 2.18. The zero-order valence-corrected chi connectivity index (χ0v) is 13.2. The number of carbonyl (C=O) groups is 2. The molecule has 0 aromatic carbocycles. The number of ether oxygens (including phenoxy) is 2. The minimum Gasteiger partial charge on any atom is -0.448 e. The van der Waals surface area contributed by atoms with Crippen molar-refractivity contribution in [1.82, 2.24) is 10.2 Å². The van der Waals surface area contributed by atoms with Crippen molar-refractivity contribution in [3.63, 3.8) is 0 Å². The van der Waals surface area contributed by atoms with Crippen LogP contribution in [0.4, 0.5) is 9.59 Å². The largest absolute Gasteiger partial charge is 0.448 e. The van der Waals surface area contributed by atoms with Gasteiger partial charge in [0.25, 0.3) is 0 Å². The highest BCUT2D eigenvalue weighted by atomic mass is 16.6. The summed E-state index contributed by atoms with van der Waals surface area (Å²) in [5.74, 6) is 0.525. The molecule has 0 bridgehead atoms. The molecular weight excluding hydrogens is 274 g/mol. The van der Waals surface area contributed by atoms with Crippen molar-refractivity contribution in [3.8, 4) is 0 Å². The molecule has 0 aromatic heterocycles. The van der Waals surface area contributed by atoms with Gasteiger partial charge in [-0.15, -0.1) is 0 Å². The molecule has 2 amide bonds. The summed E-state index contributed by atoms with van der Waals surface area (Å²) in [5, 5.41) is 3.23. The van der Waals surface area contributed by atoms with Crippen LogP contribution in [0, 0.1) is 5.92 Å². The lowest BCUT2D eigenvalue weighted by atomic mass is 9.97. The predicted octanol–water partition coefficient (Wildman–Crippen LogP) is 1.32. The fourth-order valence-electron chi connectivity index (χ4n) is 2.18. The number of hydrogen-bond acceptors (Lipinski definition) is 5. The summed E-state index contributed by atoms with van der Waals surface area (Å²) in [6, 6.07) is 0. The molecule has 3 N–H and O–H groups in total. The minimum absolute atomic E-state index is 0.233. The van der Waals surface area contributed by atoms with E-state index in [0.29, 0.717) is 12.5 Å². The van der Waals surface area contributed by atoms with E-state index < -0.39 is 11.7 Å². The molecule has 1 aliphatic heterocycles. The Labute approximate surface area is 126 Å². The summed E-state index contributed by atoms with van der Waals surface area (Å²) >= 11 is 0. The van der Waals surface area contributed by atoms with Crippen LogP contribution >= 0.6 is 0 Å². The van der Waals surface area contributed by atoms with Gasteiger partial charge in [0.05, 0.1) is 0 Å². The molecular formula is C14H27N3O4. The molecule has 21 heavy (non-hydrogen) atoms. The number of amides is 2. The number of hydrogen-bond donors (Lipinski definition) is 2. The molecule has 0 spiro atoms. The topological polar surface area (TPSA) is 93.9 Å². The van der Waals surface area contributed by atoms with Gasteiger partial charge in [-0.1, -0.05) is 0 Å². The number of primary amides is 1. The summed E-state index contributed by atoms with van der Waals surface area (Å²) in [7, 11) is 0. The van der Waals surface area contributed by atoms with E-state index in [-0.39, 0.29) is 12.7 Å². The van der Waals surface area contributed by atoms with Crippen LogP contribution in [0.1, 0.15) is 33.6 Å². The van der Waals surface area contributed by atoms with Crippen molar-refractivity contribution in [3.05, 3.63) is 0 Å². The maximum atomic E-state index is 11.9. The molecule has 1 heterocycles. The molecule has 1 rings (SSSR count). The Balaban J connectivity index is 2.14. The van der Waals surface area contributed by atoms with E-state index in [9.17, 15) is 9.59 Å². The van der Waals surface area contributed by atoms with Crippen molar-refractivity contribution in [2.75, 3.05) is 32.8 Å². The second-order valence-corrected chi connectivity index (χ2v) is 6.28. The number of piperidine rings is 1. The van der Waals surface area contributed by atoms with E-state index in [1.807, 2.05) is 20.8 Å². The average Bonchev–Trinajstić information content (AvgIpc) is 2.36. The van der Waals surface area contributed by atoms with Crippen LogP contribution in [0.3, 0.4) is 0 Å². The van der Waals surface area contributed by atoms with Gasteiger partial charge in [0, 0.05) is 19.6 Å². The highest BCUT2D eigenvalue weighted by Gasteiger charge is 2.26. The highest BCUT2D eigenvalue weighted by molar-refractivity contribution is 5.68. The lowest BCUT2D eigenvalue weighted by Crippen LogP contribution is -2.43. The van der Waals surface area contributed by atoms with E-state index in [4.69, 9.17) is 10.5 Å². The number of likely N-dealkylation sites (tertiary alicyclic amines) is 1. The summed E-state index contributed by atoms with van der Waals surface area (Å²) in [6.07, 6.45) is 0.914. The van der Waals surface area contributed by atoms with Gasteiger partial charge in [-0.3, -0.25) is 0 Å². The van der Waals surface area contributed by atoms with Crippen molar-refractivity contribution in [1.29, 1.82) is 0 Å². The monoisotopic (exact) mass is 301 g/mol. The van der Waals surface area contributed by atoms with Crippen LogP contribution in [-0.4, -0.2) is 55.5 Å². The zero-order valence-electron chi connectivity index (χ0n) is 13.2. The van der Waals surface area contributed by atoms with Gasteiger partial charge in [0.2, 0.25) is 0 Å². The van der Waals surface area contributed by atoms with Gasteiger partial charge in [-0.05, 0) is 46.1 Å². The van der Waals surface area contributed by atoms with Gasteiger partial charge < -0.3 is 25.4 Å². The van der Waals surface area contributed by atoms with Crippen LogP contribution in [0.15, 0.2) is 0 Å². The molecule has 1 saturated heterocycles. The molecule has 1 fully saturated rings. The lowest BCUT2D eigenvalue weighted by molar-refractivity contribution is 0.0184. The Morgan fingerprint density at radius 2 is 1.90 bits per heavy atom. The quantitative estimate of drug-likeness (QED) is 0.747. The Kier molecular flexibility index (Phi) is 6.74. The average molecular weight is 301 g/mol. The molecule has 0 unspecified atom stereocenters. The third kappa shape index (κ3) is 7.75. The first kappa shape index (κ1) is 17.6. The molecule has 1 aliphatic rings. The first-order valence-corrected chi connectivity index (χ1v) is 7.39. The zero-order chi connectivity index (χ0) is 15.9. The first-order chi connectivity index (χ1) is 9.78. The van der Waals surface area contributed by atoms with E-state index in [2.05, 4.69) is 10.1 Å². The molecule has 7 heteroatoms. The molecule has 0 aromatic rings. The maximum absolute atomic E-state index is 11.9. The van der Waals surface area contributed by atoms with Crippen LogP contribution < -0.4 is 11.1 Å². The second-order valence-electron chi connectivity index (χ2n) is 6.28. The molecule has 122 valence electrons. The number of nitrogens with one attached hydrogen (secondary N) is 1. The van der Waals surface area contributed by atoms with Crippen molar-refractivity contribution >= 4 is 12.2 Å². The third-order valence-corrected chi connectivity index (χ3v) is 3.22. The minimum atomic E-state index is -0.748. The highest BCUT2D eigenvalue weighted by Crippen LogP contribution is 2.19. The van der Waals surface area contributed by atoms with Gasteiger partial charge >= 0.3 is 12.2 Å². The van der Waals surface area contributed by atoms with E-state index in [1.165, 1.54) is 0 Å². The smallest absolute Gasteiger partial charge is 0.410 e. The second kappa shape index (κ2) is 8.07. The number of nitrogens with two attached hydrogens (primary N) is 1. The summed E-state index contributed by atoms with van der Waals surface area (Å²) in [4.78, 5) is 24.1. The van der Waals surface area contributed by atoms with Crippen LogP contribution in [0.25, 0.3) is 0 Å². The third-order valence-electron chi connectivity index (χ3n) is 3.22. The first-order valence-electron chi connectivity index (χ1n) is 7.39. The van der Waals surface area contributed by atoms with E-state index >= 15 is 0 Å². The van der Waals surface area contributed by atoms with Crippen LogP contribution in [0.5, 0.6) is 0 Å². The Morgan fingerprint density at radius 1 is 1.29 bits per heavy atom. The Morgan fingerprint density at radius 3 is 2.43 bits per heavy atom. The maximum Gasteiger partial charge on any atom is 0.410 e. The van der Waals surface area contributed by atoms with E-state index in [1.54, 1.807) is 4.90 Å². The van der Waals surface area contributed by atoms with E-state index in [0.717, 1.165) is 32.5 Å². The fraction of sp³-hybridized carbons (Fsp3) is 0.857. The van der Waals surface area contributed by atoms with Crippen molar-refractivity contribution in [2.24, 2.45) is 11.7 Å². The van der Waals surface area contributed by atoms with Crippen molar-refractivity contribution < 1.29 is 19.1 Å². The molecule has 0 radical (unpaired) electrons. The Bertz CT molecular complexity index is 347. The Hall–Kier alpha value is -1.50. The summed E-state index contributed by atoms with van der Waals surface area (Å²) in [5.41, 5.74) is 4.42. The normalized spacial score (nSPS) is 16.6. The van der Waals surface area contributed by atoms with Crippen LogP contribution in [-0.2, 0) is 9.47 Å². The number of nitrogens with zero attached hydrogens (tertiary/aromatic N) is 1. The number of carbonyl (C=O) groups excluding carboxylic acids is 2. The van der Waals surface area contributed by atoms with Gasteiger partial charge in [-0.2, -0.15) is 0 Å². The number of rotatable bonds is 5. The molecule has 0 atom stereocenters. The standard InChI is InChI=1S/C14H27N3O4/c1-14(2,3)21-13(19)17-7-4-11(5-8-17)10-16-6-9-20-12(15)18/h11,16H,4-10H2,1-3H3,(H2,15,18). The van der Waals surface area contributed by atoms with Gasteiger partial charge in [0.15, 0.2) is 0 Å². The van der Waals surface area contributed by atoms with Gasteiger partial charge in [0.1, 0.15) is 12.2 Å². The predicted molar refractivity (Wildman–Crippen MR) is 78.9 cm³/mol. The molecule has 7 nitrogen and oxygen atoms in total. The van der Waals surface area contributed by atoms with Gasteiger partial charge in [-0.25, -0.2) is 9.59 Å². The molecule has 0 aliphatic carbocycles. The summed E-state index contributed by atoms with van der Waals surface area (Å²) in [6.45, 7) is 8.78.